The molecule has 2 aromatic heterocycles. The average Bonchev–Trinajstić information content (AvgIpc) is 2.76. The third-order valence-corrected chi connectivity index (χ3v) is 2.34. The maximum Gasteiger partial charge on any atom is 0.162 e. The molecule has 3 aromatic rings. The zero-order valence-corrected chi connectivity index (χ0v) is 8.98. The highest BCUT2D eigenvalue weighted by Crippen LogP contribution is 2.21. The van der Waals surface area contributed by atoms with Crippen LogP contribution in [0.1, 0.15) is 0 Å². The van der Waals surface area contributed by atoms with Gasteiger partial charge in [-0.3, -0.25) is 0 Å². The number of H-pyrrole nitrogens is 1. The van der Waals surface area contributed by atoms with E-state index in [-0.39, 0.29) is 5.69 Å². The molecule has 0 aliphatic rings. The number of anilines is 2. The van der Waals surface area contributed by atoms with Crippen LogP contribution in [0.15, 0.2) is 30.9 Å². The molecular formula is C11H7F2N5. The van der Waals surface area contributed by atoms with Gasteiger partial charge in [0.2, 0.25) is 0 Å². The molecule has 0 saturated carbocycles. The van der Waals surface area contributed by atoms with Crippen LogP contribution in [0, 0.1) is 11.6 Å². The first kappa shape index (κ1) is 10.6. The van der Waals surface area contributed by atoms with Crippen molar-refractivity contribution in [2.75, 3.05) is 5.32 Å². The molecule has 2 N–H and O–H groups in total. The van der Waals surface area contributed by atoms with E-state index in [0.29, 0.717) is 17.0 Å². The summed E-state index contributed by atoms with van der Waals surface area (Å²) in [6.07, 6.45) is 2.80. The molecule has 90 valence electrons. The van der Waals surface area contributed by atoms with E-state index in [0.717, 1.165) is 6.07 Å². The van der Waals surface area contributed by atoms with Gasteiger partial charge in [-0.25, -0.2) is 23.7 Å². The Hall–Kier alpha value is -2.57. The van der Waals surface area contributed by atoms with E-state index < -0.39 is 11.6 Å². The Morgan fingerprint density at radius 2 is 1.78 bits per heavy atom. The van der Waals surface area contributed by atoms with Gasteiger partial charge in [0.25, 0.3) is 0 Å². The summed E-state index contributed by atoms with van der Waals surface area (Å²) in [6.45, 7) is 0. The first-order valence-corrected chi connectivity index (χ1v) is 5.09. The molecule has 2 heterocycles. The minimum atomic E-state index is -0.662. The second-order valence-electron chi connectivity index (χ2n) is 3.61. The fraction of sp³-hybridized carbons (Fsp3) is 0. The van der Waals surface area contributed by atoms with Crippen LogP contribution < -0.4 is 5.32 Å². The molecule has 0 aliphatic carbocycles. The summed E-state index contributed by atoms with van der Waals surface area (Å²) in [5, 5.41) is 2.80. The van der Waals surface area contributed by atoms with Gasteiger partial charge in [-0.05, 0) is 12.1 Å². The van der Waals surface area contributed by atoms with Gasteiger partial charge in [-0.1, -0.05) is 0 Å². The number of imidazole rings is 1. The monoisotopic (exact) mass is 247 g/mol. The maximum absolute atomic E-state index is 13.1. The second-order valence-corrected chi connectivity index (χ2v) is 3.61. The summed E-state index contributed by atoms with van der Waals surface area (Å²) in [7, 11) is 0. The van der Waals surface area contributed by atoms with Gasteiger partial charge in [0.15, 0.2) is 17.0 Å². The van der Waals surface area contributed by atoms with Gasteiger partial charge in [0.05, 0.1) is 6.33 Å². The van der Waals surface area contributed by atoms with E-state index in [1.54, 1.807) is 0 Å². The summed E-state index contributed by atoms with van der Waals surface area (Å²) in [6, 6.07) is 3.14. The van der Waals surface area contributed by atoms with E-state index in [4.69, 9.17) is 0 Å². The lowest BCUT2D eigenvalue weighted by Gasteiger charge is -2.05. The van der Waals surface area contributed by atoms with E-state index in [2.05, 4.69) is 25.3 Å². The van der Waals surface area contributed by atoms with Gasteiger partial charge in [-0.2, -0.15) is 0 Å². The van der Waals surface area contributed by atoms with Crippen molar-refractivity contribution < 1.29 is 8.78 Å². The van der Waals surface area contributed by atoms with E-state index in [1.807, 2.05) is 0 Å². The molecule has 0 bridgehead atoms. The molecule has 0 radical (unpaired) electrons. The number of hydrogen-bond donors (Lipinski definition) is 2. The van der Waals surface area contributed by atoms with E-state index >= 15 is 0 Å². The van der Waals surface area contributed by atoms with E-state index in [9.17, 15) is 8.78 Å². The van der Waals surface area contributed by atoms with Gasteiger partial charge in [0, 0.05) is 11.8 Å². The lowest BCUT2D eigenvalue weighted by Crippen LogP contribution is -1.97. The predicted molar refractivity (Wildman–Crippen MR) is 61.3 cm³/mol. The van der Waals surface area contributed by atoms with Crippen molar-refractivity contribution in [2.45, 2.75) is 0 Å². The minimum absolute atomic E-state index is 0.260. The van der Waals surface area contributed by atoms with Crippen LogP contribution in [0.3, 0.4) is 0 Å². The zero-order chi connectivity index (χ0) is 12.5. The highest BCUT2D eigenvalue weighted by atomic mass is 19.1. The molecule has 18 heavy (non-hydrogen) atoms. The Morgan fingerprint density at radius 1 is 1.00 bits per heavy atom. The van der Waals surface area contributed by atoms with Crippen molar-refractivity contribution in [3.05, 3.63) is 42.5 Å². The lowest BCUT2D eigenvalue weighted by molar-refractivity contribution is 0.584. The molecule has 0 fully saturated rings. The Morgan fingerprint density at radius 3 is 2.56 bits per heavy atom. The van der Waals surface area contributed by atoms with Crippen molar-refractivity contribution in [3.63, 3.8) is 0 Å². The number of aromatic amines is 1. The fourth-order valence-electron chi connectivity index (χ4n) is 1.62. The normalized spacial score (nSPS) is 10.8. The smallest absolute Gasteiger partial charge is 0.162 e. The number of nitrogens with zero attached hydrogens (tertiary/aromatic N) is 3. The average molecular weight is 247 g/mol. The number of benzene rings is 1. The van der Waals surface area contributed by atoms with Crippen LogP contribution in [0.4, 0.5) is 20.3 Å². The molecule has 0 saturated heterocycles. The summed E-state index contributed by atoms with van der Waals surface area (Å²) in [5.74, 6) is -0.944. The van der Waals surface area contributed by atoms with Crippen LogP contribution in [0.2, 0.25) is 0 Å². The third kappa shape index (κ3) is 1.86. The van der Waals surface area contributed by atoms with Gasteiger partial charge in [-0.15, -0.1) is 0 Å². The summed E-state index contributed by atoms with van der Waals surface area (Å²) in [4.78, 5) is 14.8. The van der Waals surface area contributed by atoms with Gasteiger partial charge >= 0.3 is 0 Å². The van der Waals surface area contributed by atoms with Crippen molar-refractivity contribution in [2.24, 2.45) is 0 Å². The molecule has 5 nitrogen and oxygen atoms in total. The number of hydrogen-bond acceptors (Lipinski definition) is 4. The highest BCUT2D eigenvalue weighted by molar-refractivity contribution is 5.84. The summed E-state index contributed by atoms with van der Waals surface area (Å²) in [5.41, 5.74) is 1.31. The van der Waals surface area contributed by atoms with Crippen LogP contribution in [-0.4, -0.2) is 19.9 Å². The first-order chi connectivity index (χ1) is 8.72. The Kier molecular flexibility index (Phi) is 2.36. The zero-order valence-electron chi connectivity index (χ0n) is 8.98. The van der Waals surface area contributed by atoms with Crippen LogP contribution in [0.5, 0.6) is 0 Å². The molecule has 1 aromatic carbocycles. The second kappa shape index (κ2) is 4.02. The quantitative estimate of drug-likeness (QED) is 0.729. The van der Waals surface area contributed by atoms with Crippen LogP contribution >= 0.6 is 0 Å². The summed E-state index contributed by atoms with van der Waals surface area (Å²) < 4.78 is 26.1. The van der Waals surface area contributed by atoms with Crippen molar-refractivity contribution in [1.82, 2.24) is 19.9 Å². The largest absolute Gasteiger partial charge is 0.338 e. The molecule has 7 heteroatoms. The molecule has 0 unspecified atom stereocenters. The standard InChI is InChI=1S/C11H7F2N5/c12-6-1-7(13)3-8(2-6)18-11-9-10(15-4-14-9)16-5-17-11/h1-5H,(H2,14,15,16,17,18). The molecule has 0 atom stereocenters. The maximum atomic E-state index is 13.1. The molecule has 0 aliphatic heterocycles. The number of nitrogens with one attached hydrogen (secondary N) is 2. The van der Waals surface area contributed by atoms with Crippen LogP contribution in [-0.2, 0) is 0 Å². The molecule has 3 rings (SSSR count). The Balaban J connectivity index is 2.03. The van der Waals surface area contributed by atoms with Crippen molar-refractivity contribution in [3.8, 4) is 0 Å². The van der Waals surface area contributed by atoms with E-state index in [1.165, 1.54) is 24.8 Å². The number of rotatable bonds is 2. The highest BCUT2D eigenvalue weighted by Gasteiger charge is 2.07. The van der Waals surface area contributed by atoms with Crippen molar-refractivity contribution in [1.29, 1.82) is 0 Å². The Bertz CT molecular complexity index is 689. The first-order valence-electron chi connectivity index (χ1n) is 5.09. The lowest BCUT2D eigenvalue weighted by atomic mass is 10.3. The number of fused-ring (bicyclic) bond motifs is 1. The SMILES string of the molecule is Fc1cc(F)cc(Nc2ncnc3[nH]cnc23)c1. The fourth-order valence-corrected chi connectivity index (χ4v) is 1.62. The third-order valence-electron chi connectivity index (χ3n) is 2.34. The molecule has 0 spiro atoms. The summed E-state index contributed by atoms with van der Waals surface area (Å²) >= 11 is 0. The van der Waals surface area contributed by atoms with Crippen molar-refractivity contribution >= 4 is 22.7 Å². The number of halogens is 2. The molecular weight excluding hydrogens is 240 g/mol. The Labute approximate surface area is 99.9 Å². The topological polar surface area (TPSA) is 66.5 Å². The minimum Gasteiger partial charge on any atom is -0.338 e. The van der Waals surface area contributed by atoms with Crippen LogP contribution in [0.25, 0.3) is 11.2 Å². The van der Waals surface area contributed by atoms with Gasteiger partial charge < -0.3 is 10.3 Å². The van der Waals surface area contributed by atoms with Gasteiger partial charge in [0.1, 0.15) is 18.0 Å². The predicted octanol–water partition coefficient (Wildman–Crippen LogP) is 2.37. The number of aromatic nitrogens is 4. The molecule has 0 amide bonds.